The Hall–Kier alpha value is -1.88. The summed E-state index contributed by atoms with van der Waals surface area (Å²) in [4.78, 5) is 27.6. The van der Waals surface area contributed by atoms with E-state index >= 15 is 0 Å². The van der Waals surface area contributed by atoms with Crippen LogP contribution < -0.4 is 10.6 Å². The van der Waals surface area contributed by atoms with Crippen LogP contribution in [0.1, 0.15) is 49.7 Å². The molecule has 146 valence electrons. The third-order valence-corrected chi connectivity index (χ3v) is 6.48. The molecule has 2 heterocycles. The fourth-order valence-electron chi connectivity index (χ4n) is 4.69. The number of piperidine rings is 1. The molecule has 2 aliphatic heterocycles. The first-order valence-corrected chi connectivity index (χ1v) is 10.5. The highest BCUT2D eigenvalue weighted by molar-refractivity contribution is 5.91. The van der Waals surface area contributed by atoms with Crippen LogP contribution in [0.4, 0.5) is 0 Å². The SMILES string of the molecule is Cc1cccc(C2(C(=O)N3CCCC(CNC(=O)C4CCCN4)C3)CC2)c1. The average molecular weight is 370 g/mol. The van der Waals surface area contributed by atoms with Gasteiger partial charge in [0.05, 0.1) is 11.5 Å². The maximum absolute atomic E-state index is 13.3. The van der Waals surface area contributed by atoms with Crippen LogP contribution in [-0.4, -0.2) is 48.9 Å². The van der Waals surface area contributed by atoms with Crippen LogP contribution in [0, 0.1) is 12.8 Å². The molecular weight excluding hydrogens is 338 g/mol. The molecule has 1 aromatic carbocycles. The third-order valence-electron chi connectivity index (χ3n) is 6.48. The summed E-state index contributed by atoms with van der Waals surface area (Å²) in [6, 6.07) is 8.39. The first kappa shape index (κ1) is 18.5. The molecule has 0 radical (unpaired) electrons. The van der Waals surface area contributed by atoms with E-state index < -0.39 is 0 Å². The maximum Gasteiger partial charge on any atom is 0.237 e. The lowest BCUT2D eigenvalue weighted by molar-refractivity contribution is -0.135. The van der Waals surface area contributed by atoms with Crippen LogP contribution >= 0.6 is 0 Å². The van der Waals surface area contributed by atoms with Crippen LogP contribution in [-0.2, 0) is 15.0 Å². The Bertz CT molecular complexity index is 707. The predicted octanol–water partition coefficient (Wildman–Crippen LogP) is 2.13. The highest BCUT2D eigenvalue weighted by Gasteiger charge is 2.53. The van der Waals surface area contributed by atoms with E-state index in [4.69, 9.17) is 0 Å². The Morgan fingerprint density at radius 2 is 2.11 bits per heavy atom. The number of benzene rings is 1. The minimum absolute atomic E-state index is 0.0256. The molecule has 5 nitrogen and oxygen atoms in total. The quantitative estimate of drug-likeness (QED) is 0.836. The van der Waals surface area contributed by atoms with Gasteiger partial charge in [0.1, 0.15) is 0 Å². The van der Waals surface area contributed by atoms with E-state index in [1.807, 2.05) is 0 Å². The molecule has 2 amide bonds. The van der Waals surface area contributed by atoms with E-state index in [1.54, 1.807) is 0 Å². The second kappa shape index (κ2) is 7.63. The van der Waals surface area contributed by atoms with Crippen molar-refractivity contribution in [1.82, 2.24) is 15.5 Å². The molecule has 0 aromatic heterocycles. The molecule has 2 N–H and O–H groups in total. The van der Waals surface area contributed by atoms with Crippen molar-refractivity contribution in [2.45, 2.75) is 56.9 Å². The smallest absolute Gasteiger partial charge is 0.237 e. The Morgan fingerprint density at radius 1 is 1.26 bits per heavy atom. The number of hydrogen-bond acceptors (Lipinski definition) is 3. The van der Waals surface area contributed by atoms with Crippen molar-refractivity contribution in [1.29, 1.82) is 0 Å². The lowest BCUT2D eigenvalue weighted by atomic mass is 9.90. The van der Waals surface area contributed by atoms with Crippen molar-refractivity contribution < 1.29 is 9.59 Å². The Morgan fingerprint density at radius 3 is 2.81 bits per heavy atom. The zero-order valence-electron chi connectivity index (χ0n) is 16.3. The number of carbonyl (C=O) groups is 2. The van der Waals surface area contributed by atoms with Gasteiger partial charge < -0.3 is 15.5 Å². The normalized spacial score (nSPS) is 26.6. The summed E-state index contributed by atoms with van der Waals surface area (Å²) in [5.41, 5.74) is 2.10. The van der Waals surface area contributed by atoms with Gasteiger partial charge in [-0.25, -0.2) is 0 Å². The van der Waals surface area contributed by atoms with Gasteiger partial charge in [-0.2, -0.15) is 0 Å². The van der Waals surface area contributed by atoms with E-state index in [0.717, 1.165) is 58.2 Å². The zero-order chi connectivity index (χ0) is 18.9. The highest BCUT2D eigenvalue weighted by Crippen LogP contribution is 2.50. The number of likely N-dealkylation sites (tertiary alicyclic amines) is 1. The van der Waals surface area contributed by atoms with Gasteiger partial charge in [0.25, 0.3) is 0 Å². The lowest BCUT2D eigenvalue weighted by Crippen LogP contribution is -2.49. The minimum Gasteiger partial charge on any atom is -0.354 e. The topological polar surface area (TPSA) is 61.4 Å². The number of rotatable bonds is 5. The second-order valence-corrected chi connectivity index (χ2v) is 8.61. The Kier molecular flexibility index (Phi) is 5.22. The summed E-state index contributed by atoms with van der Waals surface area (Å²) in [6.45, 7) is 5.32. The van der Waals surface area contributed by atoms with Gasteiger partial charge >= 0.3 is 0 Å². The molecule has 1 saturated carbocycles. The van der Waals surface area contributed by atoms with E-state index in [0.29, 0.717) is 18.4 Å². The van der Waals surface area contributed by atoms with Crippen molar-refractivity contribution in [2.24, 2.45) is 5.92 Å². The van der Waals surface area contributed by atoms with Crippen molar-refractivity contribution in [3.05, 3.63) is 35.4 Å². The monoisotopic (exact) mass is 369 g/mol. The van der Waals surface area contributed by atoms with Crippen molar-refractivity contribution >= 4 is 11.8 Å². The molecule has 1 aromatic rings. The van der Waals surface area contributed by atoms with Crippen LogP contribution in [0.15, 0.2) is 24.3 Å². The first-order chi connectivity index (χ1) is 13.1. The van der Waals surface area contributed by atoms with E-state index in [1.165, 1.54) is 11.1 Å². The van der Waals surface area contributed by atoms with Crippen LogP contribution in [0.25, 0.3) is 0 Å². The Balaban J connectivity index is 1.35. The van der Waals surface area contributed by atoms with Crippen molar-refractivity contribution in [3.63, 3.8) is 0 Å². The van der Waals surface area contributed by atoms with Gasteiger partial charge in [0.2, 0.25) is 11.8 Å². The number of nitrogens with zero attached hydrogens (tertiary/aromatic N) is 1. The molecule has 2 atom stereocenters. The molecule has 4 rings (SSSR count). The standard InChI is InChI=1S/C22H31N3O2/c1-16-5-2-7-18(13-16)22(9-10-22)21(27)25-12-4-6-17(15-25)14-24-20(26)19-8-3-11-23-19/h2,5,7,13,17,19,23H,3-4,6,8-12,14-15H2,1H3,(H,24,26). The zero-order valence-corrected chi connectivity index (χ0v) is 16.3. The second-order valence-electron chi connectivity index (χ2n) is 8.61. The summed E-state index contributed by atoms with van der Waals surface area (Å²) in [6.07, 6.45) is 6.03. The summed E-state index contributed by atoms with van der Waals surface area (Å²) >= 11 is 0. The van der Waals surface area contributed by atoms with Gasteiger partial charge in [-0.15, -0.1) is 0 Å². The summed E-state index contributed by atoms with van der Waals surface area (Å²) < 4.78 is 0. The molecule has 2 unspecified atom stereocenters. The van der Waals surface area contributed by atoms with E-state index in [2.05, 4.69) is 46.7 Å². The highest BCUT2D eigenvalue weighted by atomic mass is 16.2. The molecule has 27 heavy (non-hydrogen) atoms. The fraction of sp³-hybridized carbons (Fsp3) is 0.636. The van der Waals surface area contributed by atoms with Gasteiger partial charge in [-0.3, -0.25) is 9.59 Å². The Labute approximate surface area is 161 Å². The molecular formula is C22H31N3O2. The number of amides is 2. The van der Waals surface area contributed by atoms with Crippen LogP contribution in [0.5, 0.6) is 0 Å². The molecule has 5 heteroatoms. The number of nitrogens with one attached hydrogen (secondary N) is 2. The molecule has 3 aliphatic rings. The predicted molar refractivity (Wildman–Crippen MR) is 105 cm³/mol. The van der Waals surface area contributed by atoms with Gasteiger partial charge in [0, 0.05) is 19.6 Å². The lowest BCUT2D eigenvalue weighted by Gasteiger charge is -2.35. The number of carbonyl (C=O) groups excluding carboxylic acids is 2. The van der Waals surface area contributed by atoms with E-state index in [9.17, 15) is 9.59 Å². The van der Waals surface area contributed by atoms with Crippen LogP contribution in [0.2, 0.25) is 0 Å². The minimum atomic E-state index is -0.287. The summed E-state index contributed by atoms with van der Waals surface area (Å²) in [5, 5.41) is 6.35. The average Bonchev–Trinajstić information content (AvgIpc) is 3.32. The molecule has 0 bridgehead atoms. The van der Waals surface area contributed by atoms with Crippen molar-refractivity contribution in [3.8, 4) is 0 Å². The number of hydrogen-bond donors (Lipinski definition) is 2. The van der Waals surface area contributed by atoms with Crippen molar-refractivity contribution in [2.75, 3.05) is 26.2 Å². The van der Waals surface area contributed by atoms with Gasteiger partial charge in [0.15, 0.2) is 0 Å². The summed E-state index contributed by atoms with van der Waals surface area (Å²) in [5.74, 6) is 0.775. The van der Waals surface area contributed by atoms with Crippen LogP contribution in [0.3, 0.4) is 0 Å². The molecule has 0 spiro atoms. The fourth-order valence-corrected chi connectivity index (χ4v) is 4.69. The number of aryl methyl sites for hydroxylation is 1. The largest absolute Gasteiger partial charge is 0.354 e. The van der Waals surface area contributed by atoms with Gasteiger partial charge in [-0.1, -0.05) is 29.8 Å². The third kappa shape index (κ3) is 3.88. The summed E-state index contributed by atoms with van der Waals surface area (Å²) in [7, 11) is 0. The van der Waals surface area contributed by atoms with E-state index in [-0.39, 0.29) is 17.4 Å². The molecule has 1 aliphatic carbocycles. The maximum atomic E-state index is 13.3. The molecule has 3 fully saturated rings. The molecule has 2 saturated heterocycles. The van der Waals surface area contributed by atoms with Gasteiger partial charge in [-0.05, 0) is 63.5 Å². The first-order valence-electron chi connectivity index (χ1n) is 10.5.